The zero-order valence-electron chi connectivity index (χ0n) is 10.1. The third-order valence-electron chi connectivity index (χ3n) is 2.61. The Bertz CT molecular complexity index is 515. The Hall–Kier alpha value is -1.54. The van der Waals surface area contributed by atoms with Crippen LogP contribution in [-0.4, -0.2) is 12.5 Å². The van der Waals surface area contributed by atoms with Gasteiger partial charge in [0.25, 0.3) is 0 Å². The molecule has 0 aliphatic carbocycles. The SMILES string of the molecule is CSc1ccc(/N=C/c2ccccc2C)cc1. The lowest BCUT2D eigenvalue weighted by Gasteiger charge is -1.99. The van der Waals surface area contributed by atoms with Gasteiger partial charge >= 0.3 is 0 Å². The average molecular weight is 241 g/mol. The average Bonchev–Trinajstić information content (AvgIpc) is 2.38. The highest BCUT2D eigenvalue weighted by Crippen LogP contribution is 2.19. The van der Waals surface area contributed by atoms with Crippen LogP contribution in [0.5, 0.6) is 0 Å². The molecule has 2 heteroatoms. The Labute approximate surface area is 107 Å². The number of aliphatic imine (C=N–C) groups is 1. The number of aryl methyl sites for hydroxylation is 1. The molecule has 0 aromatic heterocycles. The van der Waals surface area contributed by atoms with Gasteiger partial charge in [0, 0.05) is 11.1 Å². The van der Waals surface area contributed by atoms with E-state index in [2.05, 4.69) is 42.4 Å². The lowest BCUT2D eigenvalue weighted by Crippen LogP contribution is -1.84. The topological polar surface area (TPSA) is 12.4 Å². The highest BCUT2D eigenvalue weighted by atomic mass is 32.2. The normalized spacial score (nSPS) is 10.9. The summed E-state index contributed by atoms with van der Waals surface area (Å²) in [7, 11) is 0. The fraction of sp³-hybridized carbons (Fsp3) is 0.133. The Kier molecular flexibility index (Phi) is 3.99. The van der Waals surface area contributed by atoms with Gasteiger partial charge < -0.3 is 0 Å². The van der Waals surface area contributed by atoms with Crippen molar-refractivity contribution < 1.29 is 0 Å². The van der Waals surface area contributed by atoms with Crippen LogP contribution in [-0.2, 0) is 0 Å². The Morgan fingerprint density at radius 3 is 2.35 bits per heavy atom. The van der Waals surface area contributed by atoms with Gasteiger partial charge in [-0.2, -0.15) is 0 Å². The fourth-order valence-corrected chi connectivity index (χ4v) is 1.95. The first-order chi connectivity index (χ1) is 8.29. The zero-order valence-corrected chi connectivity index (χ0v) is 10.9. The lowest BCUT2D eigenvalue weighted by atomic mass is 10.1. The van der Waals surface area contributed by atoms with Gasteiger partial charge in [-0.15, -0.1) is 11.8 Å². The van der Waals surface area contributed by atoms with E-state index in [1.807, 2.05) is 30.5 Å². The molecule has 1 nitrogen and oxygen atoms in total. The minimum absolute atomic E-state index is 0.992. The van der Waals surface area contributed by atoms with Crippen molar-refractivity contribution in [3.8, 4) is 0 Å². The summed E-state index contributed by atoms with van der Waals surface area (Å²) in [5.41, 5.74) is 3.41. The summed E-state index contributed by atoms with van der Waals surface area (Å²) >= 11 is 1.74. The van der Waals surface area contributed by atoms with Crippen LogP contribution in [0.3, 0.4) is 0 Å². The van der Waals surface area contributed by atoms with Crippen molar-refractivity contribution in [2.45, 2.75) is 11.8 Å². The van der Waals surface area contributed by atoms with E-state index < -0.39 is 0 Å². The lowest BCUT2D eigenvalue weighted by molar-refractivity contribution is 1.41. The molecule has 0 atom stereocenters. The number of rotatable bonds is 3. The third-order valence-corrected chi connectivity index (χ3v) is 3.36. The van der Waals surface area contributed by atoms with Gasteiger partial charge in [0.1, 0.15) is 0 Å². The molecule has 0 saturated carbocycles. The first-order valence-corrected chi connectivity index (χ1v) is 6.76. The molecular formula is C15H15NS. The monoisotopic (exact) mass is 241 g/mol. The third kappa shape index (κ3) is 3.21. The minimum atomic E-state index is 0.992. The van der Waals surface area contributed by atoms with Crippen molar-refractivity contribution in [1.82, 2.24) is 0 Å². The van der Waals surface area contributed by atoms with Crippen LogP contribution in [0, 0.1) is 6.92 Å². The van der Waals surface area contributed by atoms with Crippen LogP contribution in [0.15, 0.2) is 58.4 Å². The molecule has 0 unspecified atom stereocenters. The van der Waals surface area contributed by atoms with Crippen molar-refractivity contribution in [3.05, 3.63) is 59.7 Å². The van der Waals surface area contributed by atoms with Gasteiger partial charge in [-0.3, -0.25) is 4.99 Å². The number of benzene rings is 2. The molecule has 0 bridgehead atoms. The van der Waals surface area contributed by atoms with Crippen molar-refractivity contribution in [2.75, 3.05) is 6.26 Å². The molecule has 0 aliphatic rings. The number of nitrogens with zero attached hydrogens (tertiary/aromatic N) is 1. The molecular weight excluding hydrogens is 226 g/mol. The van der Waals surface area contributed by atoms with Crippen molar-refractivity contribution in [3.63, 3.8) is 0 Å². The van der Waals surface area contributed by atoms with Gasteiger partial charge in [0.05, 0.1) is 5.69 Å². The van der Waals surface area contributed by atoms with Crippen LogP contribution >= 0.6 is 11.8 Å². The second kappa shape index (κ2) is 5.69. The Morgan fingerprint density at radius 1 is 1.00 bits per heavy atom. The van der Waals surface area contributed by atoms with E-state index in [1.54, 1.807) is 11.8 Å². The van der Waals surface area contributed by atoms with E-state index in [0.29, 0.717) is 0 Å². The maximum atomic E-state index is 4.48. The van der Waals surface area contributed by atoms with E-state index in [4.69, 9.17) is 0 Å². The molecule has 2 aromatic rings. The zero-order chi connectivity index (χ0) is 12.1. The highest BCUT2D eigenvalue weighted by molar-refractivity contribution is 7.98. The summed E-state index contributed by atoms with van der Waals surface area (Å²) in [6.07, 6.45) is 4.00. The van der Waals surface area contributed by atoms with E-state index in [1.165, 1.54) is 16.0 Å². The molecule has 0 spiro atoms. The molecule has 0 N–H and O–H groups in total. The maximum absolute atomic E-state index is 4.48. The highest BCUT2D eigenvalue weighted by Gasteiger charge is 1.93. The van der Waals surface area contributed by atoms with Crippen LogP contribution in [0.4, 0.5) is 5.69 Å². The molecule has 0 radical (unpaired) electrons. The molecule has 0 saturated heterocycles. The Balaban J connectivity index is 2.17. The predicted octanol–water partition coefficient (Wildman–Crippen LogP) is 4.47. The Morgan fingerprint density at radius 2 is 1.71 bits per heavy atom. The number of hydrogen-bond donors (Lipinski definition) is 0. The van der Waals surface area contributed by atoms with Crippen molar-refractivity contribution in [2.24, 2.45) is 4.99 Å². The quantitative estimate of drug-likeness (QED) is 0.570. The second-order valence-corrected chi connectivity index (χ2v) is 4.69. The van der Waals surface area contributed by atoms with E-state index >= 15 is 0 Å². The predicted molar refractivity (Wildman–Crippen MR) is 76.7 cm³/mol. The number of thioether (sulfide) groups is 1. The van der Waals surface area contributed by atoms with Gasteiger partial charge in [0.15, 0.2) is 0 Å². The van der Waals surface area contributed by atoms with E-state index in [-0.39, 0.29) is 0 Å². The van der Waals surface area contributed by atoms with Gasteiger partial charge in [-0.25, -0.2) is 0 Å². The standard InChI is InChI=1S/C15H15NS/c1-12-5-3-4-6-13(12)11-16-14-7-9-15(17-2)10-8-14/h3-11H,1-2H3/b16-11+. The molecule has 86 valence electrons. The van der Waals surface area contributed by atoms with E-state index in [9.17, 15) is 0 Å². The van der Waals surface area contributed by atoms with E-state index in [0.717, 1.165) is 5.69 Å². The number of hydrogen-bond acceptors (Lipinski definition) is 2. The smallest absolute Gasteiger partial charge is 0.0630 e. The minimum Gasteiger partial charge on any atom is -0.256 e. The largest absolute Gasteiger partial charge is 0.256 e. The van der Waals surface area contributed by atoms with Crippen LogP contribution < -0.4 is 0 Å². The van der Waals surface area contributed by atoms with Crippen LogP contribution in [0.1, 0.15) is 11.1 Å². The maximum Gasteiger partial charge on any atom is 0.0630 e. The van der Waals surface area contributed by atoms with Gasteiger partial charge in [-0.1, -0.05) is 24.3 Å². The van der Waals surface area contributed by atoms with Crippen molar-refractivity contribution in [1.29, 1.82) is 0 Å². The summed E-state index contributed by atoms with van der Waals surface area (Å²) < 4.78 is 0. The van der Waals surface area contributed by atoms with Gasteiger partial charge in [0.2, 0.25) is 0 Å². The summed E-state index contributed by atoms with van der Waals surface area (Å²) in [6.45, 7) is 2.10. The van der Waals surface area contributed by atoms with Gasteiger partial charge in [-0.05, 0) is 48.6 Å². The van der Waals surface area contributed by atoms with Crippen LogP contribution in [0.2, 0.25) is 0 Å². The molecule has 0 fully saturated rings. The second-order valence-electron chi connectivity index (χ2n) is 3.81. The summed E-state index contributed by atoms with van der Waals surface area (Å²) in [4.78, 5) is 5.74. The van der Waals surface area contributed by atoms with Crippen LogP contribution in [0.25, 0.3) is 0 Å². The summed E-state index contributed by atoms with van der Waals surface area (Å²) in [5.74, 6) is 0. The summed E-state index contributed by atoms with van der Waals surface area (Å²) in [6, 6.07) is 16.5. The molecule has 0 heterocycles. The molecule has 0 aliphatic heterocycles. The summed E-state index contributed by atoms with van der Waals surface area (Å²) in [5, 5.41) is 0. The molecule has 2 rings (SSSR count). The fourth-order valence-electron chi connectivity index (χ4n) is 1.54. The first kappa shape index (κ1) is 11.9. The molecule has 17 heavy (non-hydrogen) atoms. The van der Waals surface area contributed by atoms with Crippen molar-refractivity contribution >= 4 is 23.7 Å². The molecule has 0 amide bonds. The first-order valence-electron chi connectivity index (χ1n) is 5.53. The molecule has 2 aromatic carbocycles.